The number of ether oxygens (including phenoxy) is 2. The molecule has 2 fully saturated rings. The molecule has 0 radical (unpaired) electrons. The van der Waals surface area contributed by atoms with Crippen LogP contribution >= 0.6 is 0 Å². The second kappa shape index (κ2) is 13.7. The number of carbonyl (C=O) groups is 2. The minimum Gasteiger partial charge on any atom is -0.445 e. The predicted molar refractivity (Wildman–Crippen MR) is 182 cm³/mol. The van der Waals surface area contributed by atoms with Gasteiger partial charge in [-0.05, 0) is 80.3 Å². The lowest BCUT2D eigenvalue weighted by molar-refractivity contribution is 0.0204. The molecule has 4 aromatic rings. The number of likely N-dealkylation sites (tertiary alicyclic amines) is 1. The molecule has 47 heavy (non-hydrogen) atoms. The third kappa shape index (κ3) is 7.85. The van der Waals surface area contributed by atoms with Crippen LogP contribution in [0.4, 0.5) is 26.9 Å². The Hall–Kier alpha value is -5.06. The van der Waals surface area contributed by atoms with Gasteiger partial charge in [0.05, 0.1) is 5.39 Å². The van der Waals surface area contributed by atoms with Crippen molar-refractivity contribution in [2.45, 2.75) is 51.7 Å². The molecule has 0 bridgehead atoms. The van der Waals surface area contributed by atoms with Gasteiger partial charge in [-0.1, -0.05) is 42.5 Å². The summed E-state index contributed by atoms with van der Waals surface area (Å²) in [6, 6.07) is 21.6. The molecule has 2 aromatic heterocycles. The topological polar surface area (TPSA) is 120 Å². The van der Waals surface area contributed by atoms with Gasteiger partial charge >= 0.3 is 12.2 Å². The normalized spacial score (nSPS) is 15.9. The number of hydrogen-bond donors (Lipinski definition) is 2. The number of nitrogens with one attached hydrogen (secondary N) is 2. The van der Waals surface area contributed by atoms with E-state index in [0.29, 0.717) is 56.4 Å². The molecule has 2 aromatic carbocycles. The van der Waals surface area contributed by atoms with Crippen molar-refractivity contribution in [3.05, 3.63) is 94.4 Å². The van der Waals surface area contributed by atoms with Crippen molar-refractivity contribution >= 4 is 40.3 Å². The van der Waals surface area contributed by atoms with E-state index in [0.717, 1.165) is 35.3 Å². The lowest BCUT2D eigenvalue weighted by atomic mass is 9.89. The first-order valence-electron chi connectivity index (χ1n) is 16.2. The molecule has 0 aliphatic carbocycles. The molecule has 11 heteroatoms. The minimum absolute atomic E-state index is 0.219. The monoisotopic (exact) mass is 638 g/mol. The van der Waals surface area contributed by atoms with Gasteiger partial charge < -0.3 is 34.5 Å². The summed E-state index contributed by atoms with van der Waals surface area (Å²) in [5, 5.41) is 4.65. The molecule has 6 rings (SSSR count). The van der Waals surface area contributed by atoms with Gasteiger partial charge in [-0.3, -0.25) is 4.79 Å². The number of nitrogens with zero attached hydrogens (tertiary/aromatic N) is 4. The Morgan fingerprint density at radius 1 is 0.894 bits per heavy atom. The van der Waals surface area contributed by atoms with E-state index in [4.69, 9.17) is 14.5 Å². The van der Waals surface area contributed by atoms with Gasteiger partial charge in [0, 0.05) is 51.2 Å². The molecule has 2 aliphatic heterocycles. The van der Waals surface area contributed by atoms with Gasteiger partial charge in [-0.2, -0.15) is 0 Å². The fourth-order valence-electron chi connectivity index (χ4n) is 6.08. The van der Waals surface area contributed by atoms with Crippen molar-refractivity contribution in [2.75, 3.05) is 49.5 Å². The smallest absolute Gasteiger partial charge is 0.410 e. The van der Waals surface area contributed by atoms with E-state index in [9.17, 15) is 14.4 Å². The summed E-state index contributed by atoms with van der Waals surface area (Å²) in [6.45, 7) is 9.39. The average molecular weight is 639 g/mol. The number of hydrogen-bond acceptors (Lipinski definition) is 8. The third-order valence-corrected chi connectivity index (χ3v) is 8.60. The van der Waals surface area contributed by atoms with E-state index >= 15 is 0 Å². The Bertz CT molecular complexity index is 1750. The van der Waals surface area contributed by atoms with Crippen LogP contribution in [0.3, 0.4) is 0 Å². The van der Waals surface area contributed by atoms with E-state index in [1.54, 1.807) is 16.0 Å². The summed E-state index contributed by atoms with van der Waals surface area (Å²) in [5.74, 6) is 1.56. The van der Waals surface area contributed by atoms with Crippen molar-refractivity contribution in [1.82, 2.24) is 19.8 Å². The Morgan fingerprint density at radius 2 is 1.57 bits per heavy atom. The number of pyridine rings is 2. The molecule has 11 nitrogen and oxygen atoms in total. The van der Waals surface area contributed by atoms with E-state index in [2.05, 4.69) is 27.3 Å². The van der Waals surface area contributed by atoms with E-state index in [1.165, 1.54) is 5.56 Å². The Balaban J connectivity index is 1.10. The summed E-state index contributed by atoms with van der Waals surface area (Å²) in [7, 11) is 0. The molecule has 2 N–H and O–H groups in total. The highest BCUT2D eigenvalue weighted by atomic mass is 16.6. The third-order valence-electron chi connectivity index (χ3n) is 8.60. The number of carbonyl (C=O) groups excluding carboxylic acids is 2. The first-order valence-corrected chi connectivity index (χ1v) is 16.2. The quantitative estimate of drug-likeness (QED) is 0.255. The standard InChI is InChI=1S/C36H42N6O5/c1-36(2,3)47-35(45)41-17-14-27(15-18-41)26-9-11-29(12-10-26)38-32-31-28(13-16-37-33(31)43)23-30(39-32)40-19-21-42(22-20-40)34(44)46-24-25-7-5-4-6-8-25/h4-13,16,23,27H,14-15,17-22,24H2,1-3H3,(H,37,43)(H,38,39). The molecular formula is C36H42N6O5. The molecular weight excluding hydrogens is 596 g/mol. The Morgan fingerprint density at radius 3 is 2.26 bits per heavy atom. The maximum atomic E-state index is 12.9. The zero-order valence-electron chi connectivity index (χ0n) is 27.2. The number of H-pyrrole nitrogens is 1. The first kappa shape index (κ1) is 31.9. The number of fused-ring (bicyclic) bond motifs is 1. The maximum absolute atomic E-state index is 12.9. The van der Waals surface area contributed by atoms with Crippen molar-refractivity contribution in [2.24, 2.45) is 0 Å². The predicted octanol–water partition coefficient (Wildman–Crippen LogP) is 6.24. The van der Waals surface area contributed by atoms with E-state index in [1.807, 2.05) is 75.4 Å². The van der Waals surface area contributed by atoms with Crippen LogP contribution in [0.1, 0.15) is 50.7 Å². The fraction of sp³-hybridized carbons (Fsp3) is 0.389. The highest BCUT2D eigenvalue weighted by Crippen LogP contribution is 2.31. The highest BCUT2D eigenvalue weighted by molar-refractivity contribution is 5.94. The van der Waals surface area contributed by atoms with E-state index < -0.39 is 5.60 Å². The van der Waals surface area contributed by atoms with E-state index in [-0.39, 0.29) is 24.4 Å². The maximum Gasteiger partial charge on any atom is 0.410 e. The van der Waals surface area contributed by atoms with Gasteiger partial charge in [0.1, 0.15) is 23.8 Å². The number of rotatable bonds is 6. The van der Waals surface area contributed by atoms with Crippen molar-refractivity contribution in [3.8, 4) is 0 Å². The molecule has 4 heterocycles. The molecule has 0 atom stereocenters. The average Bonchev–Trinajstić information content (AvgIpc) is 3.07. The van der Waals surface area contributed by atoms with Gasteiger partial charge in [-0.15, -0.1) is 0 Å². The van der Waals surface area contributed by atoms with Gasteiger partial charge in [0.15, 0.2) is 0 Å². The number of piperazine rings is 1. The zero-order chi connectivity index (χ0) is 33.0. The van der Waals surface area contributed by atoms with Crippen molar-refractivity contribution in [1.29, 1.82) is 0 Å². The number of anilines is 3. The summed E-state index contributed by atoms with van der Waals surface area (Å²) < 4.78 is 11.1. The van der Waals surface area contributed by atoms with Crippen LogP contribution in [0, 0.1) is 0 Å². The number of aromatic nitrogens is 2. The SMILES string of the molecule is CC(C)(C)OC(=O)N1CCC(c2ccc(Nc3nc(N4CCN(C(=O)OCc5ccccc5)CC4)cc4cc[nH]c(=O)c34)cc2)CC1. The zero-order valence-corrected chi connectivity index (χ0v) is 27.2. The van der Waals surface area contributed by atoms with Crippen LogP contribution in [0.5, 0.6) is 0 Å². The van der Waals surface area contributed by atoms with Crippen molar-refractivity contribution < 1.29 is 19.1 Å². The molecule has 0 saturated carbocycles. The first-order chi connectivity index (χ1) is 22.6. The van der Waals surface area contributed by atoms with Crippen LogP contribution in [0.25, 0.3) is 10.8 Å². The summed E-state index contributed by atoms with van der Waals surface area (Å²) in [6.07, 6.45) is 2.80. The van der Waals surface area contributed by atoms with Gasteiger partial charge in [0.2, 0.25) is 0 Å². The Kier molecular flexibility index (Phi) is 9.33. The molecule has 2 aliphatic rings. The second-order valence-electron chi connectivity index (χ2n) is 13.1. The summed E-state index contributed by atoms with van der Waals surface area (Å²) >= 11 is 0. The molecule has 2 amide bonds. The Labute approximate surface area is 274 Å². The number of benzene rings is 2. The second-order valence-corrected chi connectivity index (χ2v) is 13.1. The number of amides is 2. The summed E-state index contributed by atoms with van der Waals surface area (Å²) in [5.41, 5.74) is 2.26. The molecule has 0 spiro atoms. The summed E-state index contributed by atoms with van der Waals surface area (Å²) in [4.78, 5) is 51.4. The minimum atomic E-state index is -0.505. The van der Waals surface area contributed by atoms with Crippen LogP contribution in [-0.4, -0.2) is 76.8 Å². The van der Waals surface area contributed by atoms with Gasteiger partial charge in [0.25, 0.3) is 5.56 Å². The largest absolute Gasteiger partial charge is 0.445 e. The van der Waals surface area contributed by atoms with Crippen LogP contribution in [-0.2, 0) is 16.1 Å². The molecule has 246 valence electrons. The fourth-order valence-corrected chi connectivity index (χ4v) is 6.08. The molecule has 2 saturated heterocycles. The lowest BCUT2D eigenvalue weighted by Crippen LogP contribution is -2.49. The highest BCUT2D eigenvalue weighted by Gasteiger charge is 2.28. The van der Waals surface area contributed by atoms with Crippen LogP contribution in [0.2, 0.25) is 0 Å². The van der Waals surface area contributed by atoms with Crippen LogP contribution < -0.4 is 15.8 Å². The lowest BCUT2D eigenvalue weighted by Gasteiger charge is -2.35. The molecule has 0 unspecified atom stereocenters. The number of aromatic amines is 1. The number of piperidine rings is 1. The van der Waals surface area contributed by atoms with Gasteiger partial charge in [-0.25, -0.2) is 14.6 Å². The van der Waals surface area contributed by atoms with Crippen molar-refractivity contribution in [3.63, 3.8) is 0 Å². The van der Waals surface area contributed by atoms with Crippen LogP contribution in [0.15, 0.2) is 77.7 Å².